The van der Waals surface area contributed by atoms with Gasteiger partial charge < -0.3 is 10.6 Å². The smallest absolute Gasteiger partial charge is 0.255 e. The maximum atomic E-state index is 12.5. The second-order valence-corrected chi connectivity index (χ2v) is 7.13. The monoisotopic (exact) mass is 360 g/mol. The lowest BCUT2D eigenvalue weighted by Crippen LogP contribution is -2.35. The molecule has 2 aromatic carbocycles. The lowest BCUT2D eigenvalue weighted by molar-refractivity contribution is 0.0942. The van der Waals surface area contributed by atoms with Crippen molar-refractivity contribution in [2.75, 3.05) is 16.8 Å². The molecule has 0 bridgehead atoms. The van der Waals surface area contributed by atoms with Crippen LogP contribution in [0.1, 0.15) is 27.1 Å². The van der Waals surface area contributed by atoms with Crippen LogP contribution in [0.3, 0.4) is 0 Å². The number of hydrogen-bond donors (Lipinski definition) is 2. The van der Waals surface area contributed by atoms with E-state index in [1.54, 1.807) is 48.5 Å². The first-order chi connectivity index (χ1) is 11.6. The molecule has 24 heavy (non-hydrogen) atoms. The fourth-order valence-electron chi connectivity index (χ4n) is 2.53. The van der Waals surface area contributed by atoms with Gasteiger partial charge in [0.25, 0.3) is 11.8 Å². The Morgan fingerprint density at radius 1 is 1.08 bits per heavy atom. The van der Waals surface area contributed by atoms with Crippen LogP contribution in [0.25, 0.3) is 0 Å². The van der Waals surface area contributed by atoms with E-state index in [9.17, 15) is 9.59 Å². The molecule has 1 heterocycles. The van der Waals surface area contributed by atoms with E-state index in [0.717, 1.165) is 17.9 Å². The second kappa shape index (κ2) is 7.73. The molecule has 6 heteroatoms. The Hall–Kier alpha value is -1.98. The number of amides is 2. The van der Waals surface area contributed by atoms with E-state index >= 15 is 0 Å². The Morgan fingerprint density at radius 3 is 2.67 bits per heavy atom. The first-order valence-corrected chi connectivity index (χ1v) is 9.21. The molecule has 0 spiro atoms. The van der Waals surface area contributed by atoms with Gasteiger partial charge in [-0.05, 0) is 42.5 Å². The number of thioether (sulfide) groups is 1. The Morgan fingerprint density at radius 2 is 1.92 bits per heavy atom. The summed E-state index contributed by atoms with van der Waals surface area (Å²) in [5.41, 5.74) is 1.40. The van der Waals surface area contributed by atoms with Gasteiger partial charge in [0.1, 0.15) is 0 Å². The van der Waals surface area contributed by atoms with Crippen molar-refractivity contribution in [3.05, 3.63) is 64.7 Å². The first kappa shape index (κ1) is 16.9. The highest BCUT2D eigenvalue weighted by molar-refractivity contribution is 7.99. The zero-order valence-electron chi connectivity index (χ0n) is 12.9. The van der Waals surface area contributed by atoms with Crippen LogP contribution in [0.4, 0.5) is 5.69 Å². The van der Waals surface area contributed by atoms with Gasteiger partial charge >= 0.3 is 0 Å². The highest BCUT2D eigenvalue weighted by Gasteiger charge is 2.20. The minimum absolute atomic E-state index is 0.163. The van der Waals surface area contributed by atoms with Crippen LogP contribution in [-0.4, -0.2) is 29.4 Å². The highest BCUT2D eigenvalue weighted by atomic mass is 35.5. The van der Waals surface area contributed by atoms with Crippen molar-refractivity contribution >= 4 is 40.9 Å². The highest BCUT2D eigenvalue weighted by Crippen LogP contribution is 2.20. The standard InChI is InChI=1S/C18H17ClN2O2S/c19-13-5-3-4-12(10-13)17(22)21-16-7-2-1-6-15(16)18(23)20-14-8-9-24-11-14/h1-7,10,14H,8-9,11H2,(H,20,23)(H,21,22)/t14-/m0/s1. The minimum atomic E-state index is -0.297. The largest absolute Gasteiger partial charge is 0.348 e. The topological polar surface area (TPSA) is 58.2 Å². The Labute approximate surface area is 150 Å². The van der Waals surface area contributed by atoms with Gasteiger partial charge in [0, 0.05) is 22.4 Å². The van der Waals surface area contributed by atoms with Crippen molar-refractivity contribution in [1.29, 1.82) is 0 Å². The quantitative estimate of drug-likeness (QED) is 0.871. The summed E-state index contributed by atoms with van der Waals surface area (Å²) >= 11 is 7.76. The normalized spacial score (nSPS) is 16.6. The van der Waals surface area contributed by atoms with E-state index < -0.39 is 0 Å². The van der Waals surface area contributed by atoms with Crippen LogP contribution >= 0.6 is 23.4 Å². The van der Waals surface area contributed by atoms with Gasteiger partial charge in [-0.3, -0.25) is 9.59 Å². The molecule has 0 aromatic heterocycles. The molecule has 0 radical (unpaired) electrons. The molecule has 1 fully saturated rings. The van der Waals surface area contributed by atoms with Crippen LogP contribution in [0.5, 0.6) is 0 Å². The number of carbonyl (C=O) groups excluding carboxylic acids is 2. The van der Waals surface area contributed by atoms with Crippen LogP contribution in [0, 0.1) is 0 Å². The van der Waals surface area contributed by atoms with Gasteiger partial charge in [0.15, 0.2) is 0 Å². The summed E-state index contributed by atoms with van der Waals surface area (Å²) in [6.45, 7) is 0. The number of anilines is 1. The third kappa shape index (κ3) is 4.10. The van der Waals surface area contributed by atoms with Gasteiger partial charge in [-0.15, -0.1) is 0 Å². The third-order valence-electron chi connectivity index (χ3n) is 3.77. The molecule has 3 rings (SSSR count). The number of benzene rings is 2. The van der Waals surface area contributed by atoms with E-state index in [0.29, 0.717) is 21.8 Å². The van der Waals surface area contributed by atoms with Gasteiger partial charge in [-0.2, -0.15) is 11.8 Å². The molecular weight excluding hydrogens is 344 g/mol. The minimum Gasteiger partial charge on any atom is -0.348 e. The molecule has 1 atom stereocenters. The maximum Gasteiger partial charge on any atom is 0.255 e. The molecule has 2 N–H and O–H groups in total. The molecule has 1 aliphatic rings. The summed E-state index contributed by atoms with van der Waals surface area (Å²) in [5.74, 6) is 1.54. The molecule has 1 saturated heterocycles. The molecule has 0 unspecified atom stereocenters. The number of hydrogen-bond acceptors (Lipinski definition) is 3. The van der Waals surface area contributed by atoms with E-state index in [2.05, 4.69) is 10.6 Å². The predicted octanol–water partition coefficient (Wildman–Crippen LogP) is 3.83. The van der Waals surface area contributed by atoms with Crippen molar-refractivity contribution < 1.29 is 9.59 Å². The number of nitrogens with one attached hydrogen (secondary N) is 2. The summed E-state index contributed by atoms with van der Waals surface area (Å²) in [7, 11) is 0. The van der Waals surface area contributed by atoms with Gasteiger partial charge in [0.05, 0.1) is 11.3 Å². The zero-order chi connectivity index (χ0) is 16.9. The summed E-state index contributed by atoms with van der Waals surface area (Å²) in [6, 6.07) is 13.9. The Kier molecular flexibility index (Phi) is 5.43. The Balaban J connectivity index is 1.76. The van der Waals surface area contributed by atoms with Crippen molar-refractivity contribution in [2.24, 2.45) is 0 Å². The fourth-order valence-corrected chi connectivity index (χ4v) is 3.87. The molecular formula is C18H17ClN2O2S. The van der Waals surface area contributed by atoms with Crippen molar-refractivity contribution in [2.45, 2.75) is 12.5 Å². The molecule has 1 aliphatic heterocycles. The lowest BCUT2D eigenvalue weighted by atomic mass is 10.1. The van der Waals surface area contributed by atoms with Crippen molar-refractivity contribution in [3.8, 4) is 0 Å². The van der Waals surface area contributed by atoms with E-state index in [4.69, 9.17) is 11.6 Å². The lowest BCUT2D eigenvalue weighted by Gasteiger charge is -2.14. The predicted molar refractivity (Wildman–Crippen MR) is 99.0 cm³/mol. The number of carbonyl (C=O) groups is 2. The SMILES string of the molecule is O=C(Nc1ccccc1C(=O)N[C@H]1CCSC1)c1cccc(Cl)c1. The summed E-state index contributed by atoms with van der Waals surface area (Å²) in [6.07, 6.45) is 0.980. The number of rotatable bonds is 4. The third-order valence-corrected chi connectivity index (χ3v) is 5.17. The van der Waals surface area contributed by atoms with E-state index in [1.807, 2.05) is 11.8 Å². The van der Waals surface area contributed by atoms with E-state index in [-0.39, 0.29) is 17.9 Å². The van der Waals surface area contributed by atoms with Crippen LogP contribution in [0.2, 0.25) is 5.02 Å². The molecule has 4 nitrogen and oxygen atoms in total. The van der Waals surface area contributed by atoms with Crippen LogP contribution in [-0.2, 0) is 0 Å². The second-order valence-electron chi connectivity index (χ2n) is 5.54. The Bertz CT molecular complexity index is 760. The van der Waals surface area contributed by atoms with E-state index in [1.165, 1.54) is 0 Å². The van der Waals surface area contributed by atoms with Crippen molar-refractivity contribution in [1.82, 2.24) is 5.32 Å². The fraction of sp³-hybridized carbons (Fsp3) is 0.222. The van der Waals surface area contributed by atoms with Crippen LogP contribution < -0.4 is 10.6 Å². The zero-order valence-corrected chi connectivity index (χ0v) is 14.5. The van der Waals surface area contributed by atoms with Gasteiger partial charge in [-0.1, -0.05) is 29.8 Å². The maximum absolute atomic E-state index is 12.5. The first-order valence-electron chi connectivity index (χ1n) is 7.68. The van der Waals surface area contributed by atoms with Gasteiger partial charge in [0.2, 0.25) is 0 Å². The average Bonchev–Trinajstić information content (AvgIpc) is 3.08. The molecule has 2 aromatic rings. The summed E-state index contributed by atoms with van der Waals surface area (Å²) in [4.78, 5) is 24.9. The summed E-state index contributed by atoms with van der Waals surface area (Å²) in [5, 5.41) is 6.31. The van der Waals surface area contributed by atoms with Crippen LogP contribution in [0.15, 0.2) is 48.5 Å². The number of halogens is 1. The molecule has 124 valence electrons. The van der Waals surface area contributed by atoms with Crippen molar-refractivity contribution in [3.63, 3.8) is 0 Å². The number of para-hydroxylation sites is 1. The molecule has 2 amide bonds. The van der Waals surface area contributed by atoms with Gasteiger partial charge in [-0.25, -0.2) is 0 Å². The summed E-state index contributed by atoms with van der Waals surface area (Å²) < 4.78 is 0. The molecule has 0 aliphatic carbocycles. The molecule has 0 saturated carbocycles. The average molecular weight is 361 g/mol.